The number of aryl methyl sites for hydroxylation is 1. The summed E-state index contributed by atoms with van der Waals surface area (Å²) in [5.74, 6) is 0. The lowest BCUT2D eigenvalue weighted by atomic mass is 10.1. The largest absolute Gasteiger partial charge is 0.290 e. The smallest absolute Gasteiger partial charge is 0.241 e. The molecule has 2 heterocycles. The molecule has 5 nitrogen and oxygen atoms in total. The summed E-state index contributed by atoms with van der Waals surface area (Å²) >= 11 is 4.73. The van der Waals surface area contributed by atoms with E-state index < -0.39 is 10.0 Å². The first-order valence-electron chi connectivity index (χ1n) is 6.30. The van der Waals surface area contributed by atoms with E-state index >= 15 is 0 Å². The maximum atomic E-state index is 12.4. The Bertz CT molecular complexity index is 613. The van der Waals surface area contributed by atoms with Crippen LogP contribution in [-0.4, -0.2) is 39.0 Å². The predicted molar refractivity (Wildman–Crippen MR) is 82.2 cm³/mol. The molecule has 0 bridgehead atoms. The standard InChI is InChI=1S/C12H16BrN3O2S2/c1-9-11(8-12(13)19-9)20(17,18)15-10-2-5-16(6-3-10)7-4-14/h8,10,15H,2-3,5-7H2,1H3. The maximum absolute atomic E-state index is 12.4. The highest BCUT2D eigenvalue weighted by molar-refractivity contribution is 9.11. The van der Waals surface area contributed by atoms with Gasteiger partial charge in [0.1, 0.15) is 0 Å². The van der Waals surface area contributed by atoms with Crippen molar-refractivity contribution in [1.29, 1.82) is 5.26 Å². The van der Waals surface area contributed by atoms with E-state index in [2.05, 4.69) is 26.7 Å². The Morgan fingerprint density at radius 3 is 2.70 bits per heavy atom. The third-order valence-electron chi connectivity index (χ3n) is 3.34. The van der Waals surface area contributed by atoms with Crippen LogP contribution in [0, 0.1) is 18.3 Å². The van der Waals surface area contributed by atoms with Gasteiger partial charge in [0.05, 0.1) is 21.3 Å². The molecule has 0 unspecified atom stereocenters. The van der Waals surface area contributed by atoms with Crippen LogP contribution < -0.4 is 4.72 Å². The van der Waals surface area contributed by atoms with Gasteiger partial charge in [-0.25, -0.2) is 13.1 Å². The van der Waals surface area contributed by atoms with Crippen LogP contribution in [-0.2, 0) is 10.0 Å². The second-order valence-electron chi connectivity index (χ2n) is 4.80. The Morgan fingerprint density at radius 2 is 2.20 bits per heavy atom. The van der Waals surface area contributed by atoms with Crippen LogP contribution in [0.5, 0.6) is 0 Å². The second kappa shape index (κ2) is 6.54. The van der Waals surface area contributed by atoms with Gasteiger partial charge >= 0.3 is 0 Å². The number of sulfonamides is 1. The average Bonchev–Trinajstić information content (AvgIpc) is 2.72. The number of nitrogens with zero attached hydrogens (tertiary/aromatic N) is 2. The van der Waals surface area contributed by atoms with Gasteiger partial charge in [-0.05, 0) is 41.8 Å². The Kier molecular flexibility index (Phi) is 5.20. The number of rotatable bonds is 4. The molecule has 1 aliphatic heterocycles. The predicted octanol–water partition coefficient (Wildman–Crippen LogP) is 2.09. The van der Waals surface area contributed by atoms with Crippen molar-refractivity contribution in [3.63, 3.8) is 0 Å². The maximum Gasteiger partial charge on any atom is 0.241 e. The molecule has 0 amide bonds. The van der Waals surface area contributed by atoms with E-state index in [1.807, 2.05) is 4.90 Å². The van der Waals surface area contributed by atoms with Crippen LogP contribution in [0.2, 0.25) is 0 Å². The molecule has 1 saturated heterocycles. The zero-order valence-corrected chi connectivity index (χ0v) is 14.3. The summed E-state index contributed by atoms with van der Waals surface area (Å²) in [5.41, 5.74) is 0. The van der Waals surface area contributed by atoms with E-state index in [0.717, 1.165) is 34.6 Å². The van der Waals surface area contributed by atoms with E-state index in [1.54, 1.807) is 13.0 Å². The van der Waals surface area contributed by atoms with Gasteiger partial charge in [0, 0.05) is 24.0 Å². The fourth-order valence-corrected chi connectivity index (χ4v) is 6.01. The lowest BCUT2D eigenvalue weighted by Gasteiger charge is -2.30. The molecule has 0 spiro atoms. The van der Waals surface area contributed by atoms with Crippen molar-refractivity contribution in [3.05, 3.63) is 14.7 Å². The summed E-state index contributed by atoms with van der Waals surface area (Å²) in [7, 11) is -3.45. The molecule has 0 aromatic carbocycles. The molecule has 8 heteroatoms. The van der Waals surface area contributed by atoms with Crippen LogP contribution in [0.25, 0.3) is 0 Å². The molecule has 1 fully saturated rings. The zero-order chi connectivity index (χ0) is 14.8. The second-order valence-corrected chi connectivity index (χ2v) is 9.12. The fraction of sp³-hybridized carbons (Fsp3) is 0.583. The molecular weight excluding hydrogens is 362 g/mol. The van der Waals surface area contributed by atoms with Gasteiger partial charge in [0.2, 0.25) is 10.0 Å². The number of piperidine rings is 1. The minimum Gasteiger partial charge on any atom is -0.290 e. The lowest BCUT2D eigenvalue weighted by molar-refractivity contribution is 0.229. The summed E-state index contributed by atoms with van der Waals surface area (Å²) in [6.45, 7) is 3.73. The number of hydrogen-bond acceptors (Lipinski definition) is 5. The highest BCUT2D eigenvalue weighted by Gasteiger charge is 2.26. The lowest BCUT2D eigenvalue weighted by Crippen LogP contribution is -2.44. The molecule has 1 aromatic heterocycles. The number of nitrogens with one attached hydrogen (secondary N) is 1. The number of thiophene rings is 1. The van der Waals surface area contributed by atoms with Crippen molar-refractivity contribution < 1.29 is 8.42 Å². The number of nitriles is 1. The summed E-state index contributed by atoms with van der Waals surface area (Å²) in [5, 5.41) is 8.65. The van der Waals surface area contributed by atoms with E-state index in [9.17, 15) is 8.42 Å². The van der Waals surface area contributed by atoms with E-state index in [4.69, 9.17) is 5.26 Å². The summed E-state index contributed by atoms with van der Waals surface area (Å²) in [6.07, 6.45) is 1.48. The first kappa shape index (κ1) is 15.9. The Hall–Kier alpha value is -0.460. The van der Waals surface area contributed by atoms with Crippen LogP contribution in [0.3, 0.4) is 0 Å². The molecule has 110 valence electrons. The van der Waals surface area contributed by atoms with Crippen LogP contribution in [0.1, 0.15) is 17.7 Å². The molecular formula is C12H16BrN3O2S2. The summed E-state index contributed by atoms with van der Waals surface area (Å²) < 4.78 is 28.3. The highest BCUT2D eigenvalue weighted by Crippen LogP contribution is 2.30. The van der Waals surface area contributed by atoms with Gasteiger partial charge in [-0.3, -0.25) is 4.90 Å². The van der Waals surface area contributed by atoms with Crippen LogP contribution in [0.15, 0.2) is 14.7 Å². The molecule has 0 aliphatic carbocycles. The Morgan fingerprint density at radius 1 is 1.55 bits per heavy atom. The third kappa shape index (κ3) is 3.80. The first-order valence-corrected chi connectivity index (χ1v) is 9.39. The van der Waals surface area contributed by atoms with Crippen molar-refractivity contribution in [1.82, 2.24) is 9.62 Å². The molecule has 1 N–H and O–H groups in total. The first-order chi connectivity index (χ1) is 9.42. The van der Waals surface area contributed by atoms with Crippen LogP contribution >= 0.6 is 27.3 Å². The summed E-state index contributed by atoms with van der Waals surface area (Å²) in [4.78, 5) is 3.18. The minimum atomic E-state index is -3.45. The summed E-state index contributed by atoms with van der Waals surface area (Å²) in [6, 6.07) is 3.72. The minimum absolute atomic E-state index is 0.0481. The van der Waals surface area contributed by atoms with Gasteiger partial charge in [0.25, 0.3) is 0 Å². The van der Waals surface area contributed by atoms with Gasteiger partial charge in [0.15, 0.2) is 0 Å². The van der Waals surface area contributed by atoms with E-state index in [-0.39, 0.29) is 6.04 Å². The van der Waals surface area contributed by atoms with Crippen molar-refractivity contribution in [2.45, 2.75) is 30.7 Å². The SMILES string of the molecule is Cc1sc(Br)cc1S(=O)(=O)NC1CCN(CC#N)CC1. The highest BCUT2D eigenvalue weighted by atomic mass is 79.9. The number of likely N-dealkylation sites (tertiary alicyclic amines) is 1. The quantitative estimate of drug-likeness (QED) is 0.815. The van der Waals surface area contributed by atoms with Crippen LogP contribution in [0.4, 0.5) is 0 Å². The van der Waals surface area contributed by atoms with Crippen molar-refractivity contribution in [2.75, 3.05) is 19.6 Å². The molecule has 1 aromatic rings. The monoisotopic (exact) mass is 377 g/mol. The Labute approximate surface area is 131 Å². The zero-order valence-electron chi connectivity index (χ0n) is 11.1. The molecule has 20 heavy (non-hydrogen) atoms. The number of halogens is 1. The molecule has 1 aliphatic rings. The van der Waals surface area contributed by atoms with Gasteiger partial charge in [-0.2, -0.15) is 5.26 Å². The molecule has 2 rings (SSSR count). The van der Waals surface area contributed by atoms with Crippen molar-refractivity contribution in [2.24, 2.45) is 0 Å². The van der Waals surface area contributed by atoms with Gasteiger partial charge in [-0.15, -0.1) is 11.3 Å². The van der Waals surface area contributed by atoms with Gasteiger partial charge < -0.3 is 0 Å². The topological polar surface area (TPSA) is 73.2 Å². The van der Waals surface area contributed by atoms with Crippen molar-refractivity contribution in [3.8, 4) is 6.07 Å². The third-order valence-corrected chi connectivity index (χ3v) is 6.66. The van der Waals surface area contributed by atoms with E-state index in [1.165, 1.54) is 11.3 Å². The fourth-order valence-electron chi connectivity index (χ4n) is 2.29. The van der Waals surface area contributed by atoms with Crippen molar-refractivity contribution >= 4 is 37.3 Å². The Balaban J connectivity index is 2.00. The molecule has 0 radical (unpaired) electrons. The normalized spacial score (nSPS) is 18.1. The molecule has 0 atom stereocenters. The van der Waals surface area contributed by atoms with Gasteiger partial charge in [-0.1, -0.05) is 0 Å². The number of hydrogen-bond donors (Lipinski definition) is 1. The average molecular weight is 378 g/mol. The van der Waals surface area contributed by atoms with E-state index in [0.29, 0.717) is 11.4 Å². The molecule has 0 saturated carbocycles.